The van der Waals surface area contributed by atoms with E-state index >= 15 is 0 Å². The number of hydrogen-bond acceptors (Lipinski definition) is 3. The van der Waals surface area contributed by atoms with Gasteiger partial charge in [-0.2, -0.15) is 0 Å². The molecule has 0 spiro atoms. The minimum Gasteiger partial charge on any atom is -0.480 e. The Labute approximate surface area is 102 Å². The van der Waals surface area contributed by atoms with Crippen molar-refractivity contribution in [1.82, 2.24) is 15.5 Å². The van der Waals surface area contributed by atoms with E-state index in [-0.39, 0.29) is 12.0 Å². The first kappa shape index (κ1) is 15.7. The minimum atomic E-state index is -1.02. The molecular weight excluding hydrogens is 222 g/mol. The van der Waals surface area contributed by atoms with Gasteiger partial charge in [0.05, 0.1) is 0 Å². The Morgan fingerprint density at radius 1 is 1.24 bits per heavy atom. The van der Waals surface area contributed by atoms with E-state index in [1.54, 1.807) is 13.8 Å². The van der Waals surface area contributed by atoms with Crippen LogP contribution in [0.25, 0.3) is 0 Å². The quantitative estimate of drug-likeness (QED) is 0.630. The largest absolute Gasteiger partial charge is 0.480 e. The topological polar surface area (TPSA) is 81.7 Å². The number of amides is 2. The molecule has 2 amide bonds. The van der Waals surface area contributed by atoms with E-state index in [1.165, 1.54) is 0 Å². The number of likely N-dealkylation sites (N-methyl/N-ethyl adjacent to an activating group) is 1. The van der Waals surface area contributed by atoms with Crippen LogP contribution in [0.4, 0.5) is 4.79 Å². The highest BCUT2D eigenvalue weighted by atomic mass is 16.4. The van der Waals surface area contributed by atoms with Crippen LogP contribution in [0.3, 0.4) is 0 Å². The summed E-state index contributed by atoms with van der Waals surface area (Å²) in [6, 6.07) is -1.10. The number of carbonyl (C=O) groups is 2. The molecule has 3 N–H and O–H groups in total. The number of carbonyl (C=O) groups excluding carboxylic acids is 1. The van der Waals surface area contributed by atoms with Gasteiger partial charge >= 0.3 is 12.0 Å². The number of hydrogen-bond donors (Lipinski definition) is 3. The van der Waals surface area contributed by atoms with Gasteiger partial charge in [-0.25, -0.2) is 9.59 Å². The second-order valence-corrected chi connectivity index (χ2v) is 4.73. The maximum absolute atomic E-state index is 11.5. The van der Waals surface area contributed by atoms with Crippen molar-refractivity contribution in [2.75, 3.05) is 20.6 Å². The fourth-order valence-electron chi connectivity index (χ4n) is 1.13. The number of carboxylic acids is 1. The SMILES string of the molecule is CC(C)[C@@H](NC(=O)NCC(C)N(C)C)C(=O)O. The summed E-state index contributed by atoms with van der Waals surface area (Å²) >= 11 is 0. The Bertz CT molecular complexity index is 267. The summed E-state index contributed by atoms with van der Waals surface area (Å²) in [5, 5.41) is 14.0. The van der Waals surface area contributed by atoms with Crippen molar-refractivity contribution in [3.63, 3.8) is 0 Å². The van der Waals surface area contributed by atoms with Gasteiger partial charge in [0, 0.05) is 12.6 Å². The third-order valence-corrected chi connectivity index (χ3v) is 2.66. The zero-order valence-electron chi connectivity index (χ0n) is 11.2. The third-order valence-electron chi connectivity index (χ3n) is 2.66. The van der Waals surface area contributed by atoms with Gasteiger partial charge in [0.15, 0.2) is 0 Å². The van der Waals surface area contributed by atoms with Crippen molar-refractivity contribution in [2.45, 2.75) is 32.9 Å². The molecule has 0 aromatic rings. The van der Waals surface area contributed by atoms with Crippen LogP contribution in [0.1, 0.15) is 20.8 Å². The maximum atomic E-state index is 11.5. The number of carboxylic acid groups (broad SMARTS) is 1. The minimum absolute atomic E-state index is 0.149. The van der Waals surface area contributed by atoms with Crippen LogP contribution in [0.15, 0.2) is 0 Å². The molecule has 0 aliphatic heterocycles. The van der Waals surface area contributed by atoms with Crippen LogP contribution in [0.5, 0.6) is 0 Å². The van der Waals surface area contributed by atoms with Crippen molar-refractivity contribution < 1.29 is 14.7 Å². The normalized spacial score (nSPS) is 14.5. The zero-order valence-corrected chi connectivity index (χ0v) is 11.2. The van der Waals surface area contributed by atoms with E-state index in [9.17, 15) is 9.59 Å². The zero-order chi connectivity index (χ0) is 13.6. The summed E-state index contributed by atoms with van der Waals surface area (Å²) in [5.41, 5.74) is 0. The molecule has 0 aliphatic carbocycles. The Morgan fingerprint density at radius 2 is 1.76 bits per heavy atom. The molecule has 0 aromatic heterocycles. The maximum Gasteiger partial charge on any atom is 0.326 e. The molecule has 6 heteroatoms. The molecule has 0 radical (unpaired) electrons. The second kappa shape index (κ2) is 7.11. The summed E-state index contributed by atoms with van der Waals surface area (Å²) in [4.78, 5) is 24.3. The Kier molecular flexibility index (Phi) is 6.57. The number of nitrogens with zero attached hydrogens (tertiary/aromatic N) is 1. The monoisotopic (exact) mass is 245 g/mol. The number of aliphatic carboxylic acids is 1. The first-order valence-corrected chi connectivity index (χ1v) is 5.69. The molecule has 2 atom stereocenters. The van der Waals surface area contributed by atoms with Crippen LogP contribution in [0, 0.1) is 5.92 Å². The van der Waals surface area contributed by atoms with Crippen LogP contribution >= 0.6 is 0 Å². The van der Waals surface area contributed by atoms with Gasteiger partial charge in [0.25, 0.3) is 0 Å². The summed E-state index contributed by atoms with van der Waals surface area (Å²) in [6.07, 6.45) is 0. The van der Waals surface area contributed by atoms with Gasteiger partial charge in [-0.1, -0.05) is 13.8 Å². The second-order valence-electron chi connectivity index (χ2n) is 4.73. The van der Waals surface area contributed by atoms with Gasteiger partial charge in [-0.05, 0) is 26.9 Å². The Morgan fingerprint density at radius 3 is 2.12 bits per heavy atom. The number of rotatable bonds is 6. The lowest BCUT2D eigenvalue weighted by atomic mass is 10.1. The highest BCUT2D eigenvalue weighted by molar-refractivity contribution is 5.82. The lowest BCUT2D eigenvalue weighted by molar-refractivity contribution is -0.140. The first-order chi connectivity index (χ1) is 7.75. The summed E-state index contributed by atoms with van der Waals surface area (Å²) in [5.74, 6) is -1.17. The van der Waals surface area contributed by atoms with Crippen molar-refractivity contribution in [3.8, 4) is 0 Å². The average Bonchev–Trinajstić information content (AvgIpc) is 2.21. The average molecular weight is 245 g/mol. The van der Waals surface area contributed by atoms with Gasteiger partial charge in [0.2, 0.25) is 0 Å². The van der Waals surface area contributed by atoms with E-state index in [1.807, 2.05) is 25.9 Å². The van der Waals surface area contributed by atoms with E-state index < -0.39 is 18.0 Å². The van der Waals surface area contributed by atoms with Crippen LogP contribution in [-0.4, -0.2) is 54.7 Å². The van der Waals surface area contributed by atoms with Crippen molar-refractivity contribution in [1.29, 1.82) is 0 Å². The van der Waals surface area contributed by atoms with Gasteiger partial charge in [0.1, 0.15) is 6.04 Å². The Hall–Kier alpha value is -1.30. The smallest absolute Gasteiger partial charge is 0.326 e. The van der Waals surface area contributed by atoms with Crippen LogP contribution in [0.2, 0.25) is 0 Å². The molecule has 17 heavy (non-hydrogen) atoms. The molecule has 0 aromatic carbocycles. The van der Waals surface area contributed by atoms with Crippen LogP contribution in [-0.2, 0) is 4.79 Å². The number of nitrogens with one attached hydrogen (secondary N) is 2. The van der Waals surface area contributed by atoms with Gasteiger partial charge in [-0.3, -0.25) is 0 Å². The van der Waals surface area contributed by atoms with Gasteiger partial charge in [-0.15, -0.1) is 0 Å². The molecule has 100 valence electrons. The molecule has 0 rings (SSSR count). The standard InChI is InChI=1S/C11H23N3O3/c1-7(2)9(10(15)16)13-11(17)12-6-8(3)14(4)5/h7-9H,6H2,1-5H3,(H,15,16)(H2,12,13,17)/t8?,9-/m1/s1. The summed E-state index contributed by atoms with van der Waals surface area (Å²) in [6.45, 7) is 5.95. The summed E-state index contributed by atoms with van der Waals surface area (Å²) in [7, 11) is 3.83. The summed E-state index contributed by atoms with van der Waals surface area (Å²) < 4.78 is 0. The molecule has 0 aliphatic rings. The van der Waals surface area contributed by atoms with Crippen molar-refractivity contribution in [2.24, 2.45) is 5.92 Å². The van der Waals surface area contributed by atoms with E-state index in [0.29, 0.717) is 6.54 Å². The lowest BCUT2D eigenvalue weighted by Gasteiger charge is -2.22. The van der Waals surface area contributed by atoms with Crippen molar-refractivity contribution >= 4 is 12.0 Å². The fourth-order valence-corrected chi connectivity index (χ4v) is 1.13. The van der Waals surface area contributed by atoms with E-state index in [4.69, 9.17) is 5.11 Å². The molecule has 0 bridgehead atoms. The molecule has 0 saturated carbocycles. The molecule has 0 heterocycles. The highest BCUT2D eigenvalue weighted by Gasteiger charge is 2.23. The predicted octanol–water partition coefficient (Wildman–Crippen LogP) is 0.345. The van der Waals surface area contributed by atoms with E-state index in [0.717, 1.165) is 0 Å². The Balaban J connectivity index is 4.12. The molecule has 0 saturated heterocycles. The predicted molar refractivity (Wildman–Crippen MR) is 65.9 cm³/mol. The molecule has 1 unspecified atom stereocenters. The van der Waals surface area contributed by atoms with Gasteiger partial charge < -0.3 is 20.6 Å². The third kappa shape index (κ3) is 6.11. The fraction of sp³-hybridized carbons (Fsp3) is 0.818. The lowest BCUT2D eigenvalue weighted by Crippen LogP contribution is -2.50. The highest BCUT2D eigenvalue weighted by Crippen LogP contribution is 2.01. The molecule has 6 nitrogen and oxygen atoms in total. The molecular formula is C11H23N3O3. The number of urea groups is 1. The van der Waals surface area contributed by atoms with E-state index in [2.05, 4.69) is 10.6 Å². The molecule has 0 fully saturated rings. The first-order valence-electron chi connectivity index (χ1n) is 5.69. The van der Waals surface area contributed by atoms with Crippen LogP contribution < -0.4 is 10.6 Å². The van der Waals surface area contributed by atoms with Crippen molar-refractivity contribution in [3.05, 3.63) is 0 Å².